The van der Waals surface area contributed by atoms with Gasteiger partial charge < -0.3 is 0 Å². The Bertz CT molecular complexity index is 1040. The van der Waals surface area contributed by atoms with Crippen molar-refractivity contribution in [1.82, 2.24) is 0 Å². The molecule has 0 unspecified atom stereocenters. The minimum atomic E-state index is -4.39. The van der Waals surface area contributed by atoms with Gasteiger partial charge in [-0.25, -0.2) is 0 Å². The zero-order valence-electron chi connectivity index (χ0n) is 14.8. The van der Waals surface area contributed by atoms with Crippen molar-refractivity contribution < 1.29 is 13.2 Å². The Kier molecular flexibility index (Phi) is 5.26. The van der Waals surface area contributed by atoms with Crippen LogP contribution in [-0.4, -0.2) is 0 Å². The smallest absolute Gasteiger partial charge is 0.166 e. The van der Waals surface area contributed by atoms with Crippen LogP contribution in [0, 0.1) is 0 Å². The van der Waals surface area contributed by atoms with E-state index in [0.717, 1.165) is 35.4 Å². The highest BCUT2D eigenvalue weighted by molar-refractivity contribution is 7.98. The van der Waals surface area contributed by atoms with Gasteiger partial charge in [0.1, 0.15) is 0 Å². The van der Waals surface area contributed by atoms with E-state index >= 15 is 0 Å². The van der Waals surface area contributed by atoms with Crippen LogP contribution in [0.4, 0.5) is 13.2 Å². The molecule has 0 spiro atoms. The van der Waals surface area contributed by atoms with Gasteiger partial charge >= 0.3 is 6.18 Å². The first-order valence-corrected chi connectivity index (χ1v) is 10.2. The van der Waals surface area contributed by atoms with Crippen molar-refractivity contribution in [2.45, 2.75) is 23.2 Å². The van der Waals surface area contributed by atoms with Gasteiger partial charge in [0, 0.05) is 21.2 Å². The van der Waals surface area contributed by atoms with Crippen LogP contribution in [0.25, 0.3) is 5.57 Å². The lowest BCUT2D eigenvalue weighted by molar-refractivity contribution is -0.137. The molecule has 142 valence electrons. The van der Waals surface area contributed by atoms with Gasteiger partial charge in [-0.15, -0.1) is 11.8 Å². The van der Waals surface area contributed by atoms with Crippen LogP contribution in [0.3, 0.4) is 0 Å². The maximum Gasteiger partial charge on any atom is 0.416 e. The van der Waals surface area contributed by atoms with Gasteiger partial charge in [0.25, 0.3) is 0 Å². The standard InChI is InChI=1S/C23H16ClF3S/c24-22-13-17(23(25,26)27)7-10-21(22)20-9-6-16-12-18(8-11-19(16)20)28-14-15-4-2-1-3-5-15/h1-5,7-13H,6,14H2. The molecule has 0 aromatic heterocycles. The van der Waals surface area contributed by atoms with Crippen molar-refractivity contribution in [3.8, 4) is 0 Å². The van der Waals surface area contributed by atoms with Crippen LogP contribution in [0.1, 0.15) is 27.8 Å². The molecular formula is C23H16ClF3S. The van der Waals surface area contributed by atoms with Crippen molar-refractivity contribution in [3.05, 3.63) is 106 Å². The number of thioether (sulfide) groups is 1. The third kappa shape index (κ3) is 3.98. The van der Waals surface area contributed by atoms with Gasteiger partial charge in [-0.2, -0.15) is 13.2 Å². The fourth-order valence-electron chi connectivity index (χ4n) is 3.32. The molecule has 0 saturated heterocycles. The van der Waals surface area contributed by atoms with E-state index in [0.29, 0.717) is 5.56 Å². The Morgan fingerprint density at radius 1 is 0.893 bits per heavy atom. The minimum absolute atomic E-state index is 0.122. The molecule has 0 fully saturated rings. The molecule has 1 aliphatic rings. The van der Waals surface area contributed by atoms with E-state index in [1.807, 2.05) is 30.3 Å². The summed E-state index contributed by atoms with van der Waals surface area (Å²) in [5.41, 5.74) is 4.28. The second kappa shape index (κ2) is 7.69. The quantitative estimate of drug-likeness (QED) is 0.394. The lowest BCUT2D eigenvalue weighted by Crippen LogP contribution is -2.05. The van der Waals surface area contributed by atoms with Crippen molar-refractivity contribution >= 4 is 28.9 Å². The lowest BCUT2D eigenvalue weighted by Gasteiger charge is -2.12. The van der Waals surface area contributed by atoms with Gasteiger partial charge in [-0.3, -0.25) is 0 Å². The van der Waals surface area contributed by atoms with Gasteiger partial charge in [0.15, 0.2) is 0 Å². The summed E-state index contributed by atoms with van der Waals surface area (Å²) in [6, 6.07) is 20.1. The molecule has 0 aliphatic heterocycles. The number of allylic oxidation sites excluding steroid dienone is 1. The Hall–Kier alpha value is -2.17. The molecule has 0 heterocycles. The third-order valence-corrected chi connectivity index (χ3v) is 6.11. The van der Waals surface area contributed by atoms with Gasteiger partial charge in [0.05, 0.1) is 5.56 Å². The predicted molar refractivity (Wildman–Crippen MR) is 110 cm³/mol. The number of rotatable bonds is 4. The number of benzene rings is 3. The molecular weight excluding hydrogens is 401 g/mol. The fraction of sp³-hybridized carbons (Fsp3) is 0.130. The molecule has 0 radical (unpaired) electrons. The van der Waals surface area contributed by atoms with E-state index in [2.05, 4.69) is 24.3 Å². The zero-order valence-corrected chi connectivity index (χ0v) is 16.3. The molecule has 0 saturated carbocycles. The highest BCUT2D eigenvalue weighted by Crippen LogP contribution is 2.40. The molecule has 0 bridgehead atoms. The van der Waals surface area contributed by atoms with Crippen LogP contribution in [-0.2, 0) is 18.3 Å². The summed E-state index contributed by atoms with van der Waals surface area (Å²) in [6.07, 6.45) is -1.61. The highest BCUT2D eigenvalue weighted by Gasteiger charge is 2.31. The first kappa shape index (κ1) is 19.2. The number of halogens is 4. The van der Waals surface area contributed by atoms with Crippen molar-refractivity contribution in [2.24, 2.45) is 0 Å². The maximum absolute atomic E-state index is 12.9. The monoisotopic (exact) mass is 416 g/mol. The topological polar surface area (TPSA) is 0 Å². The normalized spacial score (nSPS) is 13.4. The van der Waals surface area contributed by atoms with Crippen LogP contribution < -0.4 is 0 Å². The van der Waals surface area contributed by atoms with Gasteiger partial charge in [-0.05, 0) is 52.9 Å². The van der Waals surface area contributed by atoms with Crippen LogP contribution in [0.2, 0.25) is 5.02 Å². The number of fused-ring (bicyclic) bond motifs is 1. The van der Waals surface area contributed by atoms with Crippen molar-refractivity contribution in [1.29, 1.82) is 0 Å². The summed E-state index contributed by atoms with van der Waals surface area (Å²) >= 11 is 7.96. The van der Waals surface area contributed by atoms with Crippen molar-refractivity contribution in [3.63, 3.8) is 0 Å². The Labute approximate surface area is 171 Å². The van der Waals surface area contributed by atoms with Crippen LogP contribution >= 0.6 is 23.4 Å². The summed E-state index contributed by atoms with van der Waals surface area (Å²) in [6.45, 7) is 0. The van der Waals surface area contributed by atoms with E-state index in [9.17, 15) is 13.2 Å². The average Bonchev–Trinajstić information content (AvgIpc) is 3.09. The fourth-order valence-corrected chi connectivity index (χ4v) is 4.52. The second-order valence-electron chi connectivity index (χ2n) is 6.61. The Balaban J connectivity index is 1.55. The van der Waals surface area contributed by atoms with Crippen LogP contribution in [0.5, 0.6) is 0 Å². The number of hydrogen-bond donors (Lipinski definition) is 0. The summed E-state index contributed by atoms with van der Waals surface area (Å²) in [5.74, 6) is 0.893. The summed E-state index contributed by atoms with van der Waals surface area (Å²) < 4.78 is 38.6. The number of alkyl halides is 3. The summed E-state index contributed by atoms with van der Waals surface area (Å²) in [4.78, 5) is 1.18. The molecule has 1 aliphatic carbocycles. The maximum atomic E-state index is 12.9. The molecule has 0 N–H and O–H groups in total. The average molecular weight is 417 g/mol. The molecule has 0 amide bonds. The molecule has 3 aromatic carbocycles. The van der Waals surface area contributed by atoms with Crippen LogP contribution in [0.15, 0.2) is 77.7 Å². The first-order chi connectivity index (χ1) is 13.4. The molecule has 28 heavy (non-hydrogen) atoms. The van der Waals surface area contributed by atoms with Gasteiger partial charge in [-0.1, -0.05) is 60.1 Å². The van der Waals surface area contributed by atoms with E-state index in [4.69, 9.17) is 11.6 Å². The van der Waals surface area contributed by atoms with E-state index in [1.165, 1.54) is 22.1 Å². The SMILES string of the molecule is FC(F)(F)c1ccc(C2=CCc3cc(SCc4ccccc4)ccc32)c(Cl)c1. The summed E-state index contributed by atoms with van der Waals surface area (Å²) in [5, 5.41) is 0.122. The van der Waals surface area contributed by atoms with E-state index < -0.39 is 11.7 Å². The largest absolute Gasteiger partial charge is 0.416 e. The Morgan fingerprint density at radius 3 is 2.36 bits per heavy atom. The molecule has 5 heteroatoms. The predicted octanol–water partition coefficient (Wildman–Crippen LogP) is 7.64. The first-order valence-electron chi connectivity index (χ1n) is 8.79. The molecule has 0 nitrogen and oxygen atoms in total. The minimum Gasteiger partial charge on any atom is -0.166 e. The summed E-state index contributed by atoms with van der Waals surface area (Å²) in [7, 11) is 0. The highest BCUT2D eigenvalue weighted by atomic mass is 35.5. The van der Waals surface area contributed by atoms with Gasteiger partial charge in [0.2, 0.25) is 0 Å². The zero-order chi connectivity index (χ0) is 19.7. The van der Waals surface area contributed by atoms with E-state index in [1.54, 1.807) is 11.8 Å². The lowest BCUT2D eigenvalue weighted by atomic mass is 9.98. The molecule has 4 rings (SSSR count). The second-order valence-corrected chi connectivity index (χ2v) is 8.06. The van der Waals surface area contributed by atoms with E-state index in [-0.39, 0.29) is 5.02 Å². The van der Waals surface area contributed by atoms with Crippen molar-refractivity contribution in [2.75, 3.05) is 0 Å². The number of hydrogen-bond acceptors (Lipinski definition) is 1. The third-order valence-electron chi connectivity index (χ3n) is 4.73. The molecule has 3 aromatic rings. The Morgan fingerprint density at radius 2 is 1.64 bits per heavy atom. The molecule has 0 atom stereocenters.